The van der Waals surface area contributed by atoms with Crippen molar-refractivity contribution >= 4 is 11.9 Å². The van der Waals surface area contributed by atoms with E-state index in [9.17, 15) is 9.59 Å². The van der Waals surface area contributed by atoms with Gasteiger partial charge in [0.1, 0.15) is 0 Å². The standard InChI is InChI=1S/C24H33N3O3/c1-2-30-24(29)20-15-12-13-16(14-15)21(20)25-23(28)22-18-10-6-7-11-19(18)27(26-22)17-8-4-3-5-9-17/h12-13,15-17,20-21H,2-11,14H2,1H3,(H,25,28)/t15?,16?,20-,21+/m1/s1. The first-order chi connectivity index (χ1) is 14.7. The lowest BCUT2D eigenvalue weighted by atomic mass is 9.88. The quantitative estimate of drug-likeness (QED) is 0.592. The Labute approximate surface area is 178 Å². The van der Waals surface area contributed by atoms with Gasteiger partial charge in [0, 0.05) is 17.3 Å². The highest BCUT2D eigenvalue weighted by Gasteiger charge is 2.50. The van der Waals surface area contributed by atoms with Gasteiger partial charge in [-0.25, -0.2) is 0 Å². The van der Waals surface area contributed by atoms with Crippen LogP contribution in [-0.4, -0.2) is 34.3 Å². The Kier molecular flexibility index (Phi) is 5.42. The number of esters is 1. The van der Waals surface area contributed by atoms with E-state index in [0.717, 1.165) is 44.1 Å². The molecule has 0 aromatic carbocycles. The second-order valence-corrected chi connectivity index (χ2v) is 9.44. The van der Waals surface area contributed by atoms with E-state index in [4.69, 9.17) is 9.84 Å². The molecule has 6 heteroatoms. The molecule has 4 aliphatic carbocycles. The molecule has 1 N–H and O–H groups in total. The molecule has 6 nitrogen and oxygen atoms in total. The number of nitrogens with zero attached hydrogens (tertiary/aromatic N) is 2. The summed E-state index contributed by atoms with van der Waals surface area (Å²) in [5, 5.41) is 8.11. The van der Waals surface area contributed by atoms with Gasteiger partial charge in [0.15, 0.2) is 5.69 Å². The van der Waals surface area contributed by atoms with Crippen LogP contribution in [-0.2, 0) is 22.4 Å². The van der Waals surface area contributed by atoms with Crippen LogP contribution in [0.15, 0.2) is 12.2 Å². The molecule has 1 aromatic rings. The lowest BCUT2D eigenvalue weighted by molar-refractivity contribution is -0.149. The Morgan fingerprint density at radius 3 is 2.67 bits per heavy atom. The summed E-state index contributed by atoms with van der Waals surface area (Å²) in [5.74, 6) is -0.185. The Morgan fingerprint density at radius 1 is 1.10 bits per heavy atom. The Balaban J connectivity index is 1.40. The molecule has 1 aromatic heterocycles. The van der Waals surface area contributed by atoms with Gasteiger partial charge >= 0.3 is 5.97 Å². The van der Waals surface area contributed by atoms with Crippen LogP contribution >= 0.6 is 0 Å². The molecular formula is C24H33N3O3. The number of amides is 1. The van der Waals surface area contributed by atoms with Crippen molar-refractivity contribution in [2.75, 3.05) is 6.61 Å². The monoisotopic (exact) mass is 411 g/mol. The fourth-order valence-corrected chi connectivity index (χ4v) is 6.23. The largest absolute Gasteiger partial charge is 0.466 e. The molecule has 0 saturated heterocycles. The number of rotatable bonds is 5. The average molecular weight is 412 g/mol. The van der Waals surface area contributed by atoms with Gasteiger partial charge in [-0.3, -0.25) is 14.3 Å². The van der Waals surface area contributed by atoms with Gasteiger partial charge in [-0.05, 0) is 63.7 Å². The number of hydrogen-bond acceptors (Lipinski definition) is 4. The maximum absolute atomic E-state index is 13.4. The van der Waals surface area contributed by atoms with Gasteiger partial charge in [0.2, 0.25) is 0 Å². The van der Waals surface area contributed by atoms with Gasteiger partial charge in [-0.15, -0.1) is 0 Å². The van der Waals surface area contributed by atoms with Crippen molar-refractivity contribution in [1.29, 1.82) is 0 Å². The molecule has 5 rings (SSSR count). The van der Waals surface area contributed by atoms with E-state index in [0.29, 0.717) is 18.3 Å². The minimum atomic E-state index is -0.278. The minimum Gasteiger partial charge on any atom is -0.466 e. The highest BCUT2D eigenvalue weighted by Crippen LogP contribution is 2.44. The van der Waals surface area contributed by atoms with Crippen molar-refractivity contribution in [2.24, 2.45) is 17.8 Å². The van der Waals surface area contributed by atoms with Crippen LogP contribution < -0.4 is 5.32 Å². The number of nitrogens with one attached hydrogen (secondary N) is 1. The highest BCUT2D eigenvalue weighted by atomic mass is 16.5. The van der Waals surface area contributed by atoms with Gasteiger partial charge < -0.3 is 10.1 Å². The third-order valence-electron chi connectivity index (χ3n) is 7.66. The molecule has 2 fully saturated rings. The first kappa shape index (κ1) is 19.8. The molecule has 4 aliphatic rings. The van der Waals surface area contributed by atoms with Crippen LogP contribution in [0.4, 0.5) is 0 Å². The predicted octanol–water partition coefficient (Wildman–Crippen LogP) is 3.75. The van der Waals surface area contributed by atoms with Crippen molar-refractivity contribution in [1.82, 2.24) is 15.1 Å². The maximum atomic E-state index is 13.4. The zero-order chi connectivity index (χ0) is 20.7. The molecule has 1 amide bonds. The van der Waals surface area contributed by atoms with E-state index in [1.165, 1.54) is 31.4 Å². The molecule has 0 radical (unpaired) electrons. The van der Waals surface area contributed by atoms with E-state index in [1.807, 2.05) is 6.92 Å². The summed E-state index contributed by atoms with van der Waals surface area (Å²) in [4.78, 5) is 26.0. The summed E-state index contributed by atoms with van der Waals surface area (Å²) in [6.07, 6.45) is 15.6. The zero-order valence-corrected chi connectivity index (χ0v) is 17.9. The third-order valence-corrected chi connectivity index (χ3v) is 7.66. The summed E-state index contributed by atoms with van der Waals surface area (Å²) in [6.45, 7) is 2.20. The summed E-state index contributed by atoms with van der Waals surface area (Å²) in [7, 11) is 0. The molecule has 1 heterocycles. The smallest absolute Gasteiger partial charge is 0.311 e. The minimum absolute atomic E-state index is 0.108. The fourth-order valence-electron chi connectivity index (χ4n) is 6.23. The van der Waals surface area contributed by atoms with E-state index in [1.54, 1.807) is 0 Å². The van der Waals surface area contributed by atoms with Crippen LogP contribution in [0.2, 0.25) is 0 Å². The number of carbonyl (C=O) groups is 2. The molecule has 30 heavy (non-hydrogen) atoms. The van der Waals surface area contributed by atoms with Crippen molar-refractivity contribution < 1.29 is 14.3 Å². The van der Waals surface area contributed by atoms with Gasteiger partial charge in [0.25, 0.3) is 5.91 Å². The van der Waals surface area contributed by atoms with Crippen molar-refractivity contribution in [3.8, 4) is 0 Å². The zero-order valence-electron chi connectivity index (χ0n) is 17.9. The first-order valence-corrected chi connectivity index (χ1v) is 11.9. The van der Waals surface area contributed by atoms with E-state index in [-0.39, 0.29) is 35.7 Å². The lowest BCUT2D eigenvalue weighted by Gasteiger charge is -2.27. The average Bonchev–Trinajstić information content (AvgIpc) is 3.47. The molecule has 0 spiro atoms. The second kappa shape index (κ2) is 8.20. The van der Waals surface area contributed by atoms with E-state index >= 15 is 0 Å². The fraction of sp³-hybridized carbons (Fsp3) is 0.708. The molecule has 162 valence electrons. The Hall–Kier alpha value is -2.11. The molecule has 2 saturated carbocycles. The topological polar surface area (TPSA) is 73.2 Å². The predicted molar refractivity (Wildman–Crippen MR) is 113 cm³/mol. The van der Waals surface area contributed by atoms with Crippen LogP contribution in [0, 0.1) is 17.8 Å². The molecule has 2 unspecified atom stereocenters. The number of hydrogen-bond donors (Lipinski definition) is 1. The molecule has 0 aliphatic heterocycles. The van der Waals surface area contributed by atoms with E-state index in [2.05, 4.69) is 22.2 Å². The maximum Gasteiger partial charge on any atom is 0.311 e. The van der Waals surface area contributed by atoms with Gasteiger partial charge in [-0.1, -0.05) is 31.4 Å². The van der Waals surface area contributed by atoms with Gasteiger partial charge in [-0.2, -0.15) is 5.10 Å². The lowest BCUT2D eigenvalue weighted by Crippen LogP contribution is -2.46. The van der Waals surface area contributed by atoms with Gasteiger partial charge in [0.05, 0.1) is 18.6 Å². The Bertz CT molecular complexity index is 852. The summed E-state index contributed by atoms with van der Waals surface area (Å²) in [6, 6.07) is 0.246. The third kappa shape index (κ3) is 3.38. The first-order valence-electron chi connectivity index (χ1n) is 11.9. The summed E-state index contributed by atoms with van der Waals surface area (Å²) < 4.78 is 7.53. The number of allylic oxidation sites excluding steroid dienone is 1. The highest BCUT2D eigenvalue weighted by molar-refractivity contribution is 5.95. The molecule has 4 atom stereocenters. The number of ether oxygens (including phenoxy) is 1. The SMILES string of the molecule is CCOC(=O)[C@@H]1C2C=CC(C2)[C@@H]1NC(=O)c1nn(C2CCCCC2)c2c1CCCC2. The number of carbonyl (C=O) groups excluding carboxylic acids is 2. The normalized spacial score (nSPS) is 30.3. The van der Waals surface area contributed by atoms with Crippen molar-refractivity contribution in [2.45, 2.75) is 83.2 Å². The van der Waals surface area contributed by atoms with Crippen molar-refractivity contribution in [3.05, 3.63) is 29.1 Å². The second-order valence-electron chi connectivity index (χ2n) is 9.44. The van der Waals surface area contributed by atoms with Crippen LogP contribution in [0.1, 0.15) is 86.1 Å². The van der Waals surface area contributed by atoms with Crippen LogP contribution in [0.25, 0.3) is 0 Å². The van der Waals surface area contributed by atoms with E-state index < -0.39 is 0 Å². The van der Waals surface area contributed by atoms with Crippen molar-refractivity contribution in [3.63, 3.8) is 0 Å². The van der Waals surface area contributed by atoms with Crippen LogP contribution in [0.3, 0.4) is 0 Å². The molecule has 2 bridgehead atoms. The molecular weight excluding hydrogens is 378 g/mol. The number of aromatic nitrogens is 2. The Morgan fingerprint density at radius 2 is 1.87 bits per heavy atom. The summed E-state index contributed by atoms with van der Waals surface area (Å²) >= 11 is 0. The summed E-state index contributed by atoms with van der Waals surface area (Å²) in [5.41, 5.74) is 3.04. The van der Waals surface area contributed by atoms with Crippen LogP contribution in [0.5, 0.6) is 0 Å². The number of fused-ring (bicyclic) bond motifs is 3.